The molecule has 0 unspecified atom stereocenters. The molecule has 1 N–H and O–H groups in total. The zero-order valence-electron chi connectivity index (χ0n) is 11.6. The third-order valence-corrected chi connectivity index (χ3v) is 4.81. The van der Waals surface area contributed by atoms with E-state index < -0.39 is 27.0 Å². The second kappa shape index (κ2) is 6.62. The Morgan fingerprint density at radius 2 is 1.75 bits per heavy atom. The third-order valence-electron chi connectivity index (χ3n) is 2.90. The van der Waals surface area contributed by atoms with Gasteiger partial charge >= 0.3 is 6.18 Å². The second-order valence-corrected chi connectivity index (χ2v) is 7.03. The smallest absolute Gasteiger partial charge is 0.280 e. The number of nitrogens with one attached hydrogen (secondary N) is 1. The molecule has 10 heteroatoms. The van der Waals surface area contributed by atoms with Gasteiger partial charge in [-0.3, -0.25) is 9.52 Å². The number of hydrogen-bond donors (Lipinski definition) is 1. The van der Waals surface area contributed by atoms with E-state index in [2.05, 4.69) is 0 Å². The number of rotatable bonds is 4. The van der Waals surface area contributed by atoms with Crippen molar-refractivity contribution in [2.24, 2.45) is 0 Å². The molecule has 2 rings (SSSR count). The van der Waals surface area contributed by atoms with Gasteiger partial charge in [-0.05, 0) is 48.0 Å². The highest BCUT2D eigenvalue weighted by Gasteiger charge is 2.30. The molecule has 0 aliphatic carbocycles. The Kier molecular flexibility index (Phi) is 5.12. The van der Waals surface area contributed by atoms with Crippen LogP contribution in [0.1, 0.15) is 15.9 Å². The van der Waals surface area contributed by atoms with E-state index >= 15 is 0 Å². The summed E-state index contributed by atoms with van der Waals surface area (Å²) in [6, 6.07) is 6.88. The molecule has 0 heterocycles. The summed E-state index contributed by atoms with van der Waals surface area (Å²) in [5, 5.41) is -1.01. The third kappa shape index (κ3) is 4.19. The lowest BCUT2D eigenvalue weighted by atomic mass is 10.2. The second-order valence-electron chi connectivity index (χ2n) is 4.60. The van der Waals surface area contributed by atoms with E-state index in [1.54, 1.807) is 0 Å². The predicted molar refractivity (Wildman–Crippen MR) is 83.9 cm³/mol. The van der Waals surface area contributed by atoms with Gasteiger partial charge in [0, 0.05) is 5.69 Å². The van der Waals surface area contributed by atoms with Crippen molar-refractivity contribution >= 4 is 44.2 Å². The predicted octanol–water partition coefficient (Wildman–Crippen LogP) is 4.54. The van der Waals surface area contributed by atoms with Crippen molar-refractivity contribution in [3.8, 4) is 0 Å². The highest BCUT2D eigenvalue weighted by Crippen LogP contribution is 2.31. The van der Waals surface area contributed by atoms with Crippen molar-refractivity contribution < 1.29 is 26.4 Å². The van der Waals surface area contributed by atoms with Gasteiger partial charge in [-0.2, -0.15) is 13.2 Å². The first-order valence-corrected chi connectivity index (χ1v) is 8.44. The van der Waals surface area contributed by atoms with Crippen LogP contribution in [0.2, 0.25) is 5.02 Å². The summed E-state index contributed by atoms with van der Waals surface area (Å²) in [5.74, 6) is 0. The van der Waals surface area contributed by atoms with Crippen molar-refractivity contribution in [1.82, 2.24) is 0 Å². The highest BCUT2D eigenvalue weighted by molar-refractivity contribution is 7.92. The van der Waals surface area contributed by atoms with E-state index in [0.29, 0.717) is 6.07 Å². The molecule has 0 amide bonds. The summed E-state index contributed by atoms with van der Waals surface area (Å²) >= 11 is 11.0. The molecule has 0 saturated heterocycles. The van der Waals surface area contributed by atoms with Gasteiger partial charge in [-0.15, -0.1) is 0 Å². The molecule has 0 fully saturated rings. The first-order valence-electron chi connectivity index (χ1n) is 6.20. The van der Waals surface area contributed by atoms with Crippen LogP contribution in [-0.4, -0.2) is 13.7 Å². The van der Waals surface area contributed by atoms with E-state index in [1.165, 1.54) is 0 Å². The molecule has 0 aliphatic rings. The monoisotopic (exact) mass is 397 g/mol. The van der Waals surface area contributed by atoms with E-state index in [1.807, 2.05) is 4.72 Å². The first kappa shape index (κ1) is 18.6. The number of hydrogen-bond acceptors (Lipinski definition) is 3. The maximum absolute atomic E-state index is 12.7. The molecule has 0 spiro atoms. The normalized spacial score (nSPS) is 12.0. The maximum Gasteiger partial charge on any atom is 0.416 e. The minimum atomic E-state index is -4.61. The molecule has 0 aliphatic heterocycles. The molecule has 4 nitrogen and oxygen atoms in total. The average molecular weight is 398 g/mol. The Morgan fingerprint density at radius 1 is 1.08 bits per heavy atom. The van der Waals surface area contributed by atoms with Gasteiger partial charge in [0.05, 0.1) is 21.0 Å². The van der Waals surface area contributed by atoms with Crippen LogP contribution in [0.5, 0.6) is 0 Å². The molecule has 0 saturated carbocycles. The number of halogens is 5. The number of sulfonamides is 1. The molecule has 0 atom stereocenters. The fourth-order valence-corrected chi connectivity index (χ4v) is 3.28. The Bertz CT molecular complexity index is 898. The highest BCUT2D eigenvalue weighted by atomic mass is 35.5. The topological polar surface area (TPSA) is 63.2 Å². The number of benzene rings is 2. The van der Waals surface area contributed by atoms with Crippen molar-refractivity contribution in [3.63, 3.8) is 0 Å². The molecular weight excluding hydrogens is 390 g/mol. The fourth-order valence-electron chi connectivity index (χ4n) is 1.80. The Balaban J connectivity index is 2.39. The fraction of sp³-hybridized carbons (Fsp3) is 0.0714. The van der Waals surface area contributed by atoms with Crippen molar-refractivity contribution in [1.29, 1.82) is 0 Å². The summed E-state index contributed by atoms with van der Waals surface area (Å²) in [7, 11) is -4.24. The van der Waals surface area contributed by atoms with E-state index in [4.69, 9.17) is 23.2 Å². The van der Waals surface area contributed by atoms with Crippen LogP contribution in [0.15, 0.2) is 47.4 Å². The van der Waals surface area contributed by atoms with Gasteiger partial charge in [-0.25, -0.2) is 8.42 Å². The molecule has 128 valence electrons. The van der Waals surface area contributed by atoms with Gasteiger partial charge in [0.1, 0.15) is 0 Å². The standard InChI is InChI=1S/C14H8Cl2F3NO3S/c15-12-5-4-10(7-11(12)13(16)21)24(22,23)20-9-3-1-2-8(6-9)14(17,18)19/h1-7,20H. The van der Waals surface area contributed by atoms with Crippen molar-refractivity contribution in [3.05, 3.63) is 58.6 Å². The Morgan fingerprint density at radius 3 is 2.33 bits per heavy atom. The van der Waals surface area contributed by atoms with Crippen LogP contribution in [-0.2, 0) is 16.2 Å². The van der Waals surface area contributed by atoms with Gasteiger partial charge < -0.3 is 0 Å². The molecule has 0 aromatic heterocycles. The molecule has 2 aromatic carbocycles. The Hall–Kier alpha value is -1.77. The number of carbonyl (C=O) groups is 1. The van der Waals surface area contributed by atoms with E-state index in [9.17, 15) is 26.4 Å². The minimum absolute atomic E-state index is 0.0481. The summed E-state index contributed by atoms with van der Waals surface area (Å²) in [4.78, 5) is 10.8. The summed E-state index contributed by atoms with van der Waals surface area (Å²) < 4.78 is 64.5. The van der Waals surface area contributed by atoms with Crippen molar-refractivity contribution in [2.75, 3.05) is 4.72 Å². The zero-order valence-corrected chi connectivity index (χ0v) is 13.9. The first-order chi connectivity index (χ1) is 11.0. The number of carbonyl (C=O) groups excluding carboxylic acids is 1. The van der Waals surface area contributed by atoms with Gasteiger partial charge in [0.25, 0.3) is 15.3 Å². The molecule has 0 radical (unpaired) electrons. The van der Waals surface area contributed by atoms with Gasteiger partial charge in [0.2, 0.25) is 0 Å². The molecule has 24 heavy (non-hydrogen) atoms. The van der Waals surface area contributed by atoms with Crippen LogP contribution in [0.3, 0.4) is 0 Å². The number of anilines is 1. The summed E-state index contributed by atoms with van der Waals surface area (Å²) in [6.07, 6.45) is -4.61. The van der Waals surface area contributed by atoms with Crippen LogP contribution >= 0.6 is 23.2 Å². The van der Waals surface area contributed by atoms with Crippen molar-refractivity contribution in [2.45, 2.75) is 11.1 Å². The molecule has 2 aromatic rings. The minimum Gasteiger partial charge on any atom is -0.280 e. The van der Waals surface area contributed by atoms with Gasteiger partial charge in [0.15, 0.2) is 0 Å². The SMILES string of the molecule is O=C(Cl)c1cc(S(=O)(=O)Nc2cccc(C(F)(F)F)c2)ccc1Cl. The van der Waals surface area contributed by atoms with Crippen LogP contribution < -0.4 is 4.72 Å². The average Bonchev–Trinajstić information content (AvgIpc) is 2.46. The van der Waals surface area contributed by atoms with E-state index in [0.717, 1.165) is 36.4 Å². The maximum atomic E-state index is 12.7. The summed E-state index contributed by atoms with van der Waals surface area (Å²) in [5.41, 5.74) is -1.51. The van der Waals surface area contributed by atoms with Gasteiger partial charge in [-0.1, -0.05) is 17.7 Å². The van der Waals surface area contributed by atoms with E-state index in [-0.39, 0.29) is 21.2 Å². The largest absolute Gasteiger partial charge is 0.416 e. The van der Waals surface area contributed by atoms with Crippen LogP contribution in [0.25, 0.3) is 0 Å². The summed E-state index contributed by atoms with van der Waals surface area (Å²) in [6.45, 7) is 0. The lowest BCUT2D eigenvalue weighted by Crippen LogP contribution is -2.14. The molecular formula is C14H8Cl2F3NO3S. The Labute approximate surface area is 145 Å². The lowest BCUT2D eigenvalue weighted by Gasteiger charge is -2.12. The number of alkyl halides is 3. The molecule has 0 bridgehead atoms. The zero-order chi connectivity index (χ0) is 18.1. The quantitative estimate of drug-likeness (QED) is 0.770. The van der Waals surface area contributed by atoms with Crippen LogP contribution in [0.4, 0.5) is 18.9 Å². The lowest BCUT2D eigenvalue weighted by molar-refractivity contribution is -0.137. The van der Waals surface area contributed by atoms with Crippen LogP contribution in [0, 0.1) is 0 Å².